The Bertz CT molecular complexity index is 1290. The zero-order chi connectivity index (χ0) is 26.9. The minimum Gasteiger partial charge on any atom is -0.425 e. The molecule has 3 aromatic rings. The molecule has 1 fully saturated rings. The van der Waals surface area contributed by atoms with Crippen LogP contribution in [0.15, 0.2) is 64.5 Å². The lowest BCUT2D eigenvalue weighted by molar-refractivity contribution is -0.135. The molecule has 1 unspecified atom stereocenters. The molecule has 1 aliphatic carbocycles. The number of thioether (sulfide) groups is 1. The molecule has 1 aliphatic rings. The first-order valence-corrected chi connectivity index (χ1v) is 14.3. The predicted octanol–water partition coefficient (Wildman–Crippen LogP) is 4.91. The zero-order valence-corrected chi connectivity index (χ0v) is 22.6. The third-order valence-electron chi connectivity index (χ3n) is 6.98. The van der Waals surface area contributed by atoms with Crippen LogP contribution in [0.1, 0.15) is 66.2 Å². The number of carbonyl (C=O) groups is 2. The first kappa shape index (κ1) is 27.8. The maximum absolute atomic E-state index is 12.8. The normalized spacial score (nSPS) is 14.7. The van der Waals surface area contributed by atoms with Crippen LogP contribution in [-0.2, 0) is 24.1 Å². The molecule has 0 saturated heterocycles. The highest BCUT2D eigenvalue weighted by Gasteiger charge is 2.20. The van der Waals surface area contributed by atoms with E-state index in [4.69, 9.17) is 15.5 Å². The fourth-order valence-corrected chi connectivity index (χ4v) is 5.63. The number of H-pyrrole nitrogens is 1. The lowest BCUT2D eigenvalue weighted by Gasteiger charge is -2.22. The van der Waals surface area contributed by atoms with Gasteiger partial charge in [0, 0.05) is 11.1 Å². The highest BCUT2D eigenvalue weighted by atomic mass is 32.2. The van der Waals surface area contributed by atoms with E-state index >= 15 is 0 Å². The van der Waals surface area contributed by atoms with E-state index in [0.29, 0.717) is 35.2 Å². The van der Waals surface area contributed by atoms with Crippen molar-refractivity contribution in [3.05, 3.63) is 87.3 Å². The van der Waals surface area contributed by atoms with E-state index in [1.54, 1.807) is 24.3 Å². The molecule has 0 amide bonds. The summed E-state index contributed by atoms with van der Waals surface area (Å²) in [6.45, 7) is 1.98. The van der Waals surface area contributed by atoms with Crippen molar-refractivity contribution in [3.63, 3.8) is 0 Å². The summed E-state index contributed by atoms with van der Waals surface area (Å²) in [6, 6.07) is 15.1. The summed E-state index contributed by atoms with van der Waals surface area (Å²) in [5, 5.41) is 0.476. The zero-order valence-electron chi connectivity index (χ0n) is 21.8. The van der Waals surface area contributed by atoms with Crippen LogP contribution in [0.2, 0.25) is 0 Å². The minimum absolute atomic E-state index is 0.107. The molecule has 2 aromatic carbocycles. The molecule has 200 valence electrons. The van der Waals surface area contributed by atoms with E-state index in [1.165, 1.54) is 43.9 Å². The quantitative estimate of drug-likeness (QED) is 0.118. The average Bonchev–Trinajstić information content (AvgIpc) is 2.93. The number of hydrogen-bond acceptors (Lipinski definition) is 7. The van der Waals surface area contributed by atoms with E-state index in [9.17, 15) is 14.4 Å². The Hall–Kier alpha value is -3.23. The average molecular weight is 534 g/mol. The molecule has 38 heavy (non-hydrogen) atoms. The van der Waals surface area contributed by atoms with Crippen molar-refractivity contribution >= 4 is 23.5 Å². The molecular formula is C30H35N3O4S. The van der Waals surface area contributed by atoms with E-state index in [1.807, 2.05) is 37.3 Å². The van der Waals surface area contributed by atoms with Gasteiger partial charge in [0.25, 0.3) is 5.56 Å². The minimum atomic E-state index is -0.785. The molecule has 3 N–H and O–H groups in total. The maximum atomic E-state index is 12.8. The van der Waals surface area contributed by atoms with Gasteiger partial charge < -0.3 is 15.5 Å². The Morgan fingerprint density at radius 2 is 1.79 bits per heavy atom. The molecule has 1 saturated carbocycles. The highest BCUT2D eigenvalue weighted by molar-refractivity contribution is 7.99. The summed E-state index contributed by atoms with van der Waals surface area (Å²) in [7, 11) is 0. The van der Waals surface area contributed by atoms with Gasteiger partial charge in [0.05, 0.1) is 11.4 Å². The van der Waals surface area contributed by atoms with E-state index < -0.39 is 12.0 Å². The number of esters is 1. The van der Waals surface area contributed by atoms with Crippen molar-refractivity contribution < 1.29 is 14.3 Å². The van der Waals surface area contributed by atoms with Gasteiger partial charge in [-0.15, -0.1) is 0 Å². The van der Waals surface area contributed by atoms with Gasteiger partial charge in [0.15, 0.2) is 10.9 Å². The van der Waals surface area contributed by atoms with Crippen LogP contribution in [0.4, 0.5) is 0 Å². The Labute approximate surface area is 227 Å². The van der Waals surface area contributed by atoms with Crippen molar-refractivity contribution in [1.29, 1.82) is 0 Å². The van der Waals surface area contributed by atoms with Gasteiger partial charge in [0.2, 0.25) is 0 Å². The number of aromatic nitrogens is 2. The number of ether oxygens (including phenoxy) is 1. The van der Waals surface area contributed by atoms with Crippen molar-refractivity contribution in [2.24, 2.45) is 11.7 Å². The summed E-state index contributed by atoms with van der Waals surface area (Å²) >= 11 is 1.23. The summed E-state index contributed by atoms with van der Waals surface area (Å²) < 4.78 is 5.39. The Balaban J connectivity index is 1.33. The van der Waals surface area contributed by atoms with E-state index in [-0.39, 0.29) is 17.1 Å². The first-order valence-electron chi connectivity index (χ1n) is 13.3. The number of rotatable bonds is 11. The number of carbonyl (C=O) groups excluding carboxylic acids is 2. The lowest BCUT2D eigenvalue weighted by atomic mass is 9.85. The Morgan fingerprint density at radius 1 is 1.08 bits per heavy atom. The number of benzene rings is 2. The molecule has 4 rings (SSSR count). The number of nitrogens with one attached hydrogen (secondary N) is 1. The van der Waals surface area contributed by atoms with Crippen LogP contribution in [0.25, 0.3) is 0 Å². The molecule has 7 nitrogen and oxygen atoms in total. The van der Waals surface area contributed by atoms with Gasteiger partial charge in [-0.05, 0) is 55.0 Å². The number of Topliss-reactive ketones (excluding diaryl/α,β-unsaturated/α-hetero) is 1. The van der Waals surface area contributed by atoms with Gasteiger partial charge in [-0.1, -0.05) is 81.1 Å². The van der Waals surface area contributed by atoms with Gasteiger partial charge in [-0.25, -0.2) is 9.78 Å². The summed E-state index contributed by atoms with van der Waals surface area (Å²) in [5.74, 6) is 0.403. The second-order valence-electron chi connectivity index (χ2n) is 9.81. The molecule has 0 radical (unpaired) electrons. The molecular weight excluding hydrogens is 498 g/mol. The Morgan fingerprint density at radius 3 is 2.47 bits per heavy atom. The van der Waals surface area contributed by atoms with Crippen LogP contribution < -0.4 is 16.0 Å². The van der Waals surface area contributed by atoms with Crippen LogP contribution in [0.3, 0.4) is 0 Å². The monoisotopic (exact) mass is 533 g/mol. The van der Waals surface area contributed by atoms with E-state index in [2.05, 4.69) is 4.98 Å². The second-order valence-corrected chi connectivity index (χ2v) is 10.8. The molecule has 1 heterocycles. The van der Waals surface area contributed by atoms with Crippen LogP contribution in [-0.4, -0.2) is 33.5 Å². The van der Waals surface area contributed by atoms with Gasteiger partial charge in [0.1, 0.15) is 11.8 Å². The molecule has 0 bridgehead atoms. The number of aromatic amines is 1. The summed E-state index contributed by atoms with van der Waals surface area (Å²) in [6.07, 6.45) is 7.98. The first-order chi connectivity index (χ1) is 18.4. The third-order valence-corrected chi connectivity index (χ3v) is 7.85. The lowest BCUT2D eigenvalue weighted by Crippen LogP contribution is -2.36. The second kappa shape index (κ2) is 13.5. The molecule has 0 aliphatic heterocycles. The van der Waals surface area contributed by atoms with Crippen molar-refractivity contribution in [3.8, 4) is 5.75 Å². The van der Waals surface area contributed by atoms with Gasteiger partial charge in [-0.3, -0.25) is 9.59 Å². The maximum Gasteiger partial charge on any atom is 0.328 e. The molecule has 8 heteroatoms. The van der Waals surface area contributed by atoms with Crippen LogP contribution in [0, 0.1) is 5.92 Å². The fraction of sp³-hybridized carbons (Fsp3) is 0.400. The fourth-order valence-electron chi connectivity index (χ4n) is 4.86. The standard InChI is InChI=1S/C30H35N3O4S/c1-2-24-26(18-21-11-7-4-8-12-21)32-30(33-28(24)35)38-19-27(34)22-13-15-23(16-14-22)37-29(36)25(31)17-20-9-5-3-6-10-20/h3,5-6,9-10,13-16,21,25H,2,4,7-8,11-12,17-19,31H2,1H3,(H,32,33,35). The predicted molar refractivity (Wildman–Crippen MR) is 150 cm³/mol. The summed E-state index contributed by atoms with van der Waals surface area (Å²) in [5.41, 5.74) is 8.95. The largest absolute Gasteiger partial charge is 0.425 e. The topological polar surface area (TPSA) is 115 Å². The SMILES string of the molecule is CCc1c(CC2CCCCC2)nc(SCC(=O)c2ccc(OC(=O)C(N)Cc3ccccc3)cc2)[nH]c1=O. The third kappa shape index (κ3) is 7.65. The Kier molecular flexibility index (Phi) is 9.90. The van der Waals surface area contributed by atoms with Crippen LogP contribution in [0.5, 0.6) is 5.75 Å². The summed E-state index contributed by atoms with van der Waals surface area (Å²) in [4.78, 5) is 45.4. The number of nitrogens with zero attached hydrogens (tertiary/aromatic N) is 1. The molecule has 1 atom stereocenters. The number of hydrogen-bond donors (Lipinski definition) is 2. The number of ketones is 1. The van der Waals surface area contributed by atoms with Gasteiger partial charge in [-0.2, -0.15) is 0 Å². The van der Waals surface area contributed by atoms with Gasteiger partial charge >= 0.3 is 5.97 Å². The smallest absolute Gasteiger partial charge is 0.328 e. The van der Waals surface area contributed by atoms with Crippen LogP contribution >= 0.6 is 11.8 Å². The molecule has 0 spiro atoms. The van der Waals surface area contributed by atoms with Crippen molar-refractivity contribution in [2.45, 2.75) is 69.5 Å². The highest BCUT2D eigenvalue weighted by Crippen LogP contribution is 2.27. The van der Waals surface area contributed by atoms with Crippen molar-refractivity contribution in [2.75, 3.05) is 5.75 Å². The number of nitrogens with two attached hydrogens (primary N) is 1. The van der Waals surface area contributed by atoms with E-state index in [0.717, 1.165) is 23.2 Å². The molecule has 1 aromatic heterocycles. The van der Waals surface area contributed by atoms with Crippen molar-refractivity contribution in [1.82, 2.24) is 9.97 Å².